The van der Waals surface area contributed by atoms with Crippen LogP contribution in [-0.4, -0.2) is 38.5 Å². The lowest BCUT2D eigenvalue weighted by atomic mass is 9.93. The molecule has 24 heavy (non-hydrogen) atoms. The number of rotatable bonds is 7. The van der Waals surface area contributed by atoms with Gasteiger partial charge in [-0.3, -0.25) is 4.79 Å². The van der Waals surface area contributed by atoms with Crippen molar-refractivity contribution in [2.45, 2.75) is 71.7 Å². The third-order valence-corrected chi connectivity index (χ3v) is 9.57. The molecule has 0 aromatic heterocycles. The van der Waals surface area contributed by atoms with Crippen LogP contribution in [0, 0.1) is 5.92 Å². The zero-order valence-electron chi connectivity index (χ0n) is 16.3. The van der Waals surface area contributed by atoms with Gasteiger partial charge in [0.1, 0.15) is 5.76 Å². The molecule has 1 aliphatic carbocycles. The van der Waals surface area contributed by atoms with Gasteiger partial charge in [0.05, 0.1) is 19.3 Å². The fraction of sp³-hybridized carbons (Fsp3) is 0.737. The lowest BCUT2D eigenvalue weighted by molar-refractivity contribution is -0.112. The first-order valence-corrected chi connectivity index (χ1v) is 11.8. The summed E-state index contributed by atoms with van der Waals surface area (Å²) in [5.41, 5.74) is 0.761. The van der Waals surface area contributed by atoms with Crippen LogP contribution in [0.3, 0.4) is 0 Å². The molecule has 138 valence electrons. The Labute approximate surface area is 148 Å². The Hall–Kier alpha value is -0.913. The fourth-order valence-electron chi connectivity index (χ4n) is 2.25. The van der Waals surface area contributed by atoms with E-state index < -0.39 is 14.4 Å². The molecule has 1 N–H and O–H groups in total. The standard InChI is InChI=1S/C19H34O4Si/c1-8-22-16-10-9-15(17(20)12-16)11-14(2)18(21)13-23-24(6,7)19(3,4)5/h11-12,14,18,21H,8-10,13H2,1-7H3/b15-11+. The maximum atomic E-state index is 12.2. The third kappa shape index (κ3) is 5.87. The van der Waals surface area contributed by atoms with E-state index in [9.17, 15) is 9.90 Å². The first kappa shape index (κ1) is 21.1. The summed E-state index contributed by atoms with van der Waals surface area (Å²) in [6, 6.07) is 0. The predicted octanol–water partition coefficient (Wildman–Crippen LogP) is 4.21. The van der Waals surface area contributed by atoms with Crippen LogP contribution in [0.1, 0.15) is 47.5 Å². The van der Waals surface area contributed by atoms with Gasteiger partial charge in [0.25, 0.3) is 0 Å². The van der Waals surface area contributed by atoms with Crippen LogP contribution in [0.15, 0.2) is 23.5 Å². The summed E-state index contributed by atoms with van der Waals surface area (Å²) in [5.74, 6) is 0.638. The molecule has 0 saturated carbocycles. The van der Waals surface area contributed by atoms with Crippen molar-refractivity contribution < 1.29 is 19.1 Å². The highest BCUT2D eigenvalue weighted by molar-refractivity contribution is 6.74. The first-order chi connectivity index (χ1) is 11.0. The SMILES string of the molecule is CCOC1=CC(=O)/C(=C/C(C)C(O)CO[Si](C)(C)C(C)(C)C)CC1. The van der Waals surface area contributed by atoms with Crippen LogP contribution >= 0.6 is 0 Å². The van der Waals surface area contributed by atoms with Gasteiger partial charge in [0, 0.05) is 18.4 Å². The topological polar surface area (TPSA) is 55.8 Å². The zero-order valence-corrected chi connectivity index (χ0v) is 17.3. The predicted molar refractivity (Wildman–Crippen MR) is 100 cm³/mol. The number of carbonyl (C=O) groups excluding carboxylic acids is 1. The lowest BCUT2D eigenvalue weighted by Crippen LogP contribution is -2.43. The quantitative estimate of drug-likeness (QED) is 0.549. The van der Waals surface area contributed by atoms with Gasteiger partial charge < -0.3 is 14.3 Å². The molecule has 1 rings (SSSR count). The third-order valence-electron chi connectivity index (χ3n) is 5.07. The van der Waals surface area contributed by atoms with Crippen LogP contribution in [0.2, 0.25) is 18.1 Å². The van der Waals surface area contributed by atoms with Crippen LogP contribution < -0.4 is 0 Å². The highest BCUT2D eigenvalue weighted by Crippen LogP contribution is 2.36. The number of aliphatic hydroxyl groups is 1. The molecule has 0 saturated heterocycles. The van der Waals surface area contributed by atoms with Crippen molar-refractivity contribution in [2.75, 3.05) is 13.2 Å². The first-order valence-electron chi connectivity index (χ1n) is 8.88. The van der Waals surface area contributed by atoms with Crippen LogP contribution in [0.25, 0.3) is 0 Å². The molecule has 0 aliphatic heterocycles. The Kier molecular flexibility index (Phi) is 7.44. The average molecular weight is 355 g/mol. The van der Waals surface area contributed by atoms with Crippen molar-refractivity contribution in [3.05, 3.63) is 23.5 Å². The van der Waals surface area contributed by atoms with Crippen molar-refractivity contribution in [1.29, 1.82) is 0 Å². The van der Waals surface area contributed by atoms with Gasteiger partial charge in [-0.05, 0) is 37.0 Å². The highest BCUT2D eigenvalue weighted by atomic mass is 28.4. The summed E-state index contributed by atoms with van der Waals surface area (Å²) in [6.45, 7) is 15.6. The van der Waals surface area contributed by atoms with Crippen LogP contribution in [0.4, 0.5) is 0 Å². The molecule has 0 aromatic rings. The fourth-order valence-corrected chi connectivity index (χ4v) is 3.27. The summed E-state index contributed by atoms with van der Waals surface area (Å²) in [6.07, 6.45) is 4.28. The van der Waals surface area contributed by atoms with Gasteiger partial charge in [-0.25, -0.2) is 0 Å². The van der Waals surface area contributed by atoms with Gasteiger partial charge in [-0.1, -0.05) is 33.8 Å². The largest absolute Gasteiger partial charge is 0.498 e. The Morgan fingerprint density at radius 1 is 1.33 bits per heavy atom. The molecule has 0 heterocycles. The van der Waals surface area contributed by atoms with Crippen molar-refractivity contribution in [2.24, 2.45) is 5.92 Å². The summed E-state index contributed by atoms with van der Waals surface area (Å²) in [5, 5.41) is 10.5. The number of hydrogen-bond donors (Lipinski definition) is 1. The second-order valence-electron chi connectivity index (χ2n) is 8.10. The summed E-state index contributed by atoms with van der Waals surface area (Å²) >= 11 is 0. The van der Waals surface area contributed by atoms with E-state index in [0.717, 1.165) is 17.8 Å². The van der Waals surface area contributed by atoms with Gasteiger partial charge in [0.2, 0.25) is 0 Å². The van der Waals surface area contributed by atoms with E-state index in [-0.39, 0.29) is 16.7 Å². The van der Waals surface area contributed by atoms with E-state index in [0.29, 0.717) is 19.6 Å². The smallest absolute Gasteiger partial charge is 0.192 e. The van der Waals surface area contributed by atoms with E-state index in [1.54, 1.807) is 6.08 Å². The highest BCUT2D eigenvalue weighted by Gasteiger charge is 2.37. The molecule has 2 atom stereocenters. The molecule has 1 aliphatic rings. The monoisotopic (exact) mass is 354 g/mol. The molecule has 0 spiro atoms. The Balaban J connectivity index is 2.64. The number of allylic oxidation sites excluding steroid dienone is 3. The maximum Gasteiger partial charge on any atom is 0.192 e. The second kappa shape index (κ2) is 8.45. The minimum absolute atomic E-state index is 0.00550. The normalized spacial score (nSPS) is 20.8. The summed E-state index contributed by atoms with van der Waals surface area (Å²) < 4.78 is 11.5. The maximum absolute atomic E-state index is 12.2. The summed E-state index contributed by atoms with van der Waals surface area (Å²) in [7, 11) is -1.87. The number of carbonyl (C=O) groups is 1. The average Bonchev–Trinajstić information content (AvgIpc) is 2.46. The van der Waals surface area contributed by atoms with Gasteiger partial charge >= 0.3 is 0 Å². The van der Waals surface area contributed by atoms with Gasteiger partial charge in [-0.15, -0.1) is 0 Å². The molecule has 0 radical (unpaired) electrons. The Morgan fingerprint density at radius 3 is 2.46 bits per heavy atom. The Morgan fingerprint density at radius 2 is 1.96 bits per heavy atom. The molecule has 2 unspecified atom stereocenters. The molecule has 5 heteroatoms. The van der Waals surface area contributed by atoms with E-state index in [4.69, 9.17) is 9.16 Å². The van der Waals surface area contributed by atoms with Gasteiger partial charge in [-0.2, -0.15) is 0 Å². The molecule has 0 fully saturated rings. The summed E-state index contributed by atoms with van der Waals surface area (Å²) in [4.78, 5) is 12.2. The van der Waals surface area contributed by atoms with Crippen LogP contribution in [-0.2, 0) is 14.0 Å². The number of hydrogen-bond acceptors (Lipinski definition) is 4. The molecular formula is C19H34O4Si. The zero-order chi connectivity index (χ0) is 18.5. The Bertz CT molecular complexity index is 500. The van der Waals surface area contributed by atoms with E-state index >= 15 is 0 Å². The molecule has 4 nitrogen and oxygen atoms in total. The van der Waals surface area contributed by atoms with Crippen molar-refractivity contribution >= 4 is 14.1 Å². The van der Waals surface area contributed by atoms with Crippen LogP contribution in [0.5, 0.6) is 0 Å². The lowest BCUT2D eigenvalue weighted by Gasteiger charge is -2.37. The molecular weight excluding hydrogens is 320 g/mol. The number of ketones is 1. The number of ether oxygens (including phenoxy) is 1. The van der Waals surface area contributed by atoms with Gasteiger partial charge in [0.15, 0.2) is 14.1 Å². The second-order valence-corrected chi connectivity index (χ2v) is 12.9. The molecule has 0 bridgehead atoms. The minimum atomic E-state index is -1.87. The van der Waals surface area contributed by atoms with Crippen molar-refractivity contribution in [1.82, 2.24) is 0 Å². The van der Waals surface area contributed by atoms with Crippen molar-refractivity contribution in [3.63, 3.8) is 0 Å². The molecule has 0 amide bonds. The van der Waals surface area contributed by atoms with E-state index in [1.807, 2.05) is 19.9 Å². The minimum Gasteiger partial charge on any atom is -0.498 e. The molecule has 0 aromatic carbocycles. The van der Waals surface area contributed by atoms with Crippen molar-refractivity contribution in [3.8, 4) is 0 Å². The van der Waals surface area contributed by atoms with E-state index in [2.05, 4.69) is 33.9 Å². The van der Waals surface area contributed by atoms with E-state index in [1.165, 1.54) is 0 Å². The number of aliphatic hydroxyl groups excluding tert-OH is 1.